The van der Waals surface area contributed by atoms with Crippen LogP contribution in [0.2, 0.25) is 15.2 Å². The Balaban J connectivity index is 2.57. The lowest BCUT2D eigenvalue weighted by Crippen LogP contribution is -1.91. The molecular formula is C12H8Cl3NO. The van der Waals surface area contributed by atoms with Crippen molar-refractivity contribution in [2.75, 3.05) is 0 Å². The summed E-state index contributed by atoms with van der Waals surface area (Å²) < 4.78 is 0. The van der Waals surface area contributed by atoms with Gasteiger partial charge in [0.1, 0.15) is 5.15 Å². The number of aromatic nitrogens is 1. The zero-order valence-electron chi connectivity index (χ0n) is 8.62. The van der Waals surface area contributed by atoms with E-state index in [9.17, 15) is 0 Å². The van der Waals surface area contributed by atoms with Crippen LogP contribution in [0.5, 0.6) is 0 Å². The Kier molecular flexibility index (Phi) is 3.89. The van der Waals surface area contributed by atoms with Crippen LogP contribution in [0.3, 0.4) is 0 Å². The number of rotatable bonds is 2. The fourth-order valence-electron chi connectivity index (χ4n) is 1.47. The molecule has 0 aliphatic carbocycles. The summed E-state index contributed by atoms with van der Waals surface area (Å²) in [5.41, 5.74) is 1.93. The van der Waals surface area contributed by atoms with Crippen LogP contribution >= 0.6 is 34.8 Å². The molecule has 0 aliphatic rings. The molecule has 0 fully saturated rings. The Labute approximate surface area is 114 Å². The Morgan fingerprint density at radius 3 is 2.41 bits per heavy atom. The molecule has 1 aromatic heterocycles. The molecule has 0 saturated heterocycles. The smallest absolute Gasteiger partial charge is 0.137 e. The van der Waals surface area contributed by atoms with Crippen LogP contribution in [-0.4, -0.2) is 10.1 Å². The molecule has 5 heteroatoms. The van der Waals surface area contributed by atoms with Gasteiger partial charge in [-0.1, -0.05) is 46.9 Å². The molecule has 0 amide bonds. The van der Waals surface area contributed by atoms with Crippen molar-refractivity contribution in [2.45, 2.75) is 6.61 Å². The third kappa shape index (κ3) is 2.55. The maximum atomic E-state index is 8.95. The van der Waals surface area contributed by atoms with Crippen molar-refractivity contribution in [3.05, 3.63) is 51.2 Å². The lowest BCUT2D eigenvalue weighted by Gasteiger charge is -2.08. The maximum absolute atomic E-state index is 8.95. The molecule has 2 aromatic rings. The van der Waals surface area contributed by atoms with Crippen LogP contribution in [-0.2, 0) is 6.61 Å². The first kappa shape index (κ1) is 12.7. The van der Waals surface area contributed by atoms with Crippen LogP contribution in [0.15, 0.2) is 30.3 Å². The van der Waals surface area contributed by atoms with Crippen LogP contribution in [0.25, 0.3) is 11.1 Å². The first-order valence-electron chi connectivity index (χ1n) is 4.84. The molecule has 2 rings (SSSR count). The van der Waals surface area contributed by atoms with Gasteiger partial charge in [0, 0.05) is 11.1 Å². The molecule has 17 heavy (non-hydrogen) atoms. The first-order valence-corrected chi connectivity index (χ1v) is 5.97. The molecule has 0 saturated carbocycles. The Hall–Kier alpha value is -0.800. The minimum atomic E-state index is -0.150. The van der Waals surface area contributed by atoms with Gasteiger partial charge in [0.05, 0.1) is 22.3 Å². The summed E-state index contributed by atoms with van der Waals surface area (Å²) in [6, 6.07) is 8.77. The number of hydrogen-bond donors (Lipinski definition) is 1. The van der Waals surface area contributed by atoms with E-state index in [1.165, 1.54) is 0 Å². The largest absolute Gasteiger partial charge is 0.390 e. The number of aliphatic hydroxyl groups is 1. The lowest BCUT2D eigenvalue weighted by molar-refractivity contribution is 0.277. The van der Waals surface area contributed by atoms with E-state index >= 15 is 0 Å². The van der Waals surface area contributed by atoms with Gasteiger partial charge in [-0.3, -0.25) is 0 Å². The Bertz CT molecular complexity index is 557. The summed E-state index contributed by atoms with van der Waals surface area (Å²) in [5.74, 6) is 0. The van der Waals surface area contributed by atoms with Gasteiger partial charge in [-0.2, -0.15) is 0 Å². The fraction of sp³-hybridized carbons (Fsp3) is 0.0833. The van der Waals surface area contributed by atoms with Gasteiger partial charge >= 0.3 is 0 Å². The fourth-order valence-corrected chi connectivity index (χ4v) is 2.15. The molecule has 88 valence electrons. The maximum Gasteiger partial charge on any atom is 0.137 e. The third-order valence-electron chi connectivity index (χ3n) is 2.31. The molecule has 0 aliphatic heterocycles. The number of halogens is 3. The second kappa shape index (κ2) is 5.23. The normalized spacial score (nSPS) is 10.6. The molecule has 2 nitrogen and oxygen atoms in total. The van der Waals surface area contributed by atoms with E-state index in [-0.39, 0.29) is 6.61 Å². The second-order valence-corrected chi connectivity index (χ2v) is 4.54. The van der Waals surface area contributed by atoms with Crippen LogP contribution in [0.1, 0.15) is 5.69 Å². The molecule has 1 aromatic carbocycles. The highest BCUT2D eigenvalue weighted by molar-refractivity contribution is 6.44. The average Bonchev–Trinajstić information content (AvgIpc) is 2.33. The molecular weight excluding hydrogens is 280 g/mol. The van der Waals surface area contributed by atoms with Crippen molar-refractivity contribution >= 4 is 34.8 Å². The van der Waals surface area contributed by atoms with E-state index in [0.29, 0.717) is 26.5 Å². The van der Waals surface area contributed by atoms with E-state index < -0.39 is 0 Å². The summed E-state index contributed by atoms with van der Waals surface area (Å²) >= 11 is 18.1. The summed E-state index contributed by atoms with van der Waals surface area (Å²) in [7, 11) is 0. The summed E-state index contributed by atoms with van der Waals surface area (Å²) in [6.07, 6.45) is 0. The minimum absolute atomic E-state index is 0.150. The third-order valence-corrected chi connectivity index (χ3v) is 3.42. The molecule has 0 spiro atoms. The van der Waals surface area contributed by atoms with Gasteiger partial charge in [0.25, 0.3) is 0 Å². The van der Waals surface area contributed by atoms with Crippen molar-refractivity contribution < 1.29 is 5.11 Å². The quantitative estimate of drug-likeness (QED) is 0.840. The zero-order valence-corrected chi connectivity index (χ0v) is 10.9. The highest BCUT2D eigenvalue weighted by Crippen LogP contribution is 2.36. The lowest BCUT2D eigenvalue weighted by atomic mass is 10.1. The van der Waals surface area contributed by atoms with Gasteiger partial charge in [0.15, 0.2) is 0 Å². The number of benzene rings is 1. The van der Waals surface area contributed by atoms with E-state index in [1.807, 2.05) is 6.07 Å². The van der Waals surface area contributed by atoms with Gasteiger partial charge in [-0.25, -0.2) is 4.98 Å². The van der Waals surface area contributed by atoms with Gasteiger partial charge in [0.2, 0.25) is 0 Å². The number of hydrogen-bond acceptors (Lipinski definition) is 2. The van der Waals surface area contributed by atoms with Crippen molar-refractivity contribution in [3.8, 4) is 11.1 Å². The van der Waals surface area contributed by atoms with Crippen molar-refractivity contribution in [2.24, 2.45) is 0 Å². The second-order valence-electron chi connectivity index (χ2n) is 3.40. The van der Waals surface area contributed by atoms with Crippen LogP contribution in [0, 0.1) is 0 Å². The standard InChI is InChI=1S/C12H8Cl3NO/c13-10-3-1-2-8(11(10)14)9-5-4-7(6-17)16-12(9)15/h1-5,17H,6H2. The van der Waals surface area contributed by atoms with E-state index in [4.69, 9.17) is 39.9 Å². The van der Waals surface area contributed by atoms with Gasteiger partial charge < -0.3 is 5.11 Å². The molecule has 0 bridgehead atoms. The Morgan fingerprint density at radius 2 is 1.76 bits per heavy atom. The highest BCUT2D eigenvalue weighted by atomic mass is 35.5. The van der Waals surface area contributed by atoms with Crippen molar-refractivity contribution in [3.63, 3.8) is 0 Å². The minimum Gasteiger partial charge on any atom is -0.390 e. The van der Waals surface area contributed by atoms with Crippen molar-refractivity contribution in [1.82, 2.24) is 4.98 Å². The van der Waals surface area contributed by atoms with Crippen LogP contribution < -0.4 is 0 Å². The first-order chi connectivity index (χ1) is 8.13. The average molecular weight is 289 g/mol. The number of pyridine rings is 1. The molecule has 0 radical (unpaired) electrons. The summed E-state index contributed by atoms with van der Waals surface area (Å²) in [5, 5.41) is 10.1. The monoisotopic (exact) mass is 287 g/mol. The molecule has 1 N–H and O–H groups in total. The summed E-state index contributed by atoms with van der Waals surface area (Å²) in [6.45, 7) is -0.150. The van der Waals surface area contributed by atoms with E-state index in [0.717, 1.165) is 5.56 Å². The highest BCUT2D eigenvalue weighted by Gasteiger charge is 2.11. The molecule has 0 atom stereocenters. The van der Waals surface area contributed by atoms with E-state index in [1.54, 1.807) is 24.3 Å². The topological polar surface area (TPSA) is 33.1 Å². The van der Waals surface area contributed by atoms with Gasteiger partial charge in [-0.05, 0) is 18.2 Å². The Morgan fingerprint density at radius 1 is 1.00 bits per heavy atom. The number of aliphatic hydroxyl groups excluding tert-OH is 1. The number of nitrogens with zero attached hydrogens (tertiary/aromatic N) is 1. The predicted octanol–water partition coefficient (Wildman–Crippen LogP) is 4.20. The summed E-state index contributed by atoms with van der Waals surface area (Å²) in [4.78, 5) is 4.05. The van der Waals surface area contributed by atoms with Gasteiger partial charge in [-0.15, -0.1) is 0 Å². The van der Waals surface area contributed by atoms with Crippen molar-refractivity contribution in [1.29, 1.82) is 0 Å². The van der Waals surface area contributed by atoms with Crippen LogP contribution in [0.4, 0.5) is 0 Å². The van der Waals surface area contributed by atoms with E-state index in [2.05, 4.69) is 4.98 Å². The predicted molar refractivity (Wildman–Crippen MR) is 70.6 cm³/mol. The molecule has 1 heterocycles. The molecule has 0 unspecified atom stereocenters. The SMILES string of the molecule is OCc1ccc(-c2cccc(Cl)c2Cl)c(Cl)n1. The zero-order chi connectivity index (χ0) is 12.4.